The monoisotopic (exact) mass is 581 g/mol. The van der Waals surface area contributed by atoms with Gasteiger partial charge in [-0.25, -0.2) is 8.42 Å². The number of hydrogen-bond acceptors (Lipinski definition) is 6. The summed E-state index contributed by atoms with van der Waals surface area (Å²) in [5, 5.41) is 2.88. The van der Waals surface area contributed by atoms with Crippen LogP contribution in [0.15, 0.2) is 83.8 Å². The lowest BCUT2D eigenvalue weighted by Gasteiger charge is -2.32. The van der Waals surface area contributed by atoms with Gasteiger partial charge in [0.05, 0.1) is 24.3 Å². The maximum Gasteiger partial charge on any atom is 0.264 e. The third-order valence-electron chi connectivity index (χ3n) is 6.41. The van der Waals surface area contributed by atoms with Crippen molar-refractivity contribution in [3.05, 3.63) is 84.4 Å². The average molecular weight is 582 g/mol. The summed E-state index contributed by atoms with van der Waals surface area (Å²) in [5.41, 5.74) is 1.06. The fraction of sp³-hybridized carbons (Fsp3) is 0.355. The topological polar surface area (TPSA) is 105 Å². The minimum atomic E-state index is -4.13. The van der Waals surface area contributed by atoms with Gasteiger partial charge in [-0.3, -0.25) is 13.9 Å². The van der Waals surface area contributed by atoms with Crippen molar-refractivity contribution in [1.29, 1.82) is 0 Å². The molecule has 0 aliphatic heterocycles. The number of nitrogens with zero attached hydrogens (tertiary/aromatic N) is 2. The van der Waals surface area contributed by atoms with Crippen LogP contribution in [0.4, 0.5) is 5.69 Å². The molecule has 9 nitrogen and oxygen atoms in total. The lowest BCUT2D eigenvalue weighted by atomic mass is 10.1. The molecule has 3 aromatic rings. The molecule has 0 saturated heterocycles. The van der Waals surface area contributed by atoms with E-state index in [0.717, 1.165) is 9.87 Å². The molecule has 0 aliphatic rings. The van der Waals surface area contributed by atoms with Crippen LogP contribution in [0.1, 0.15) is 33.3 Å². The van der Waals surface area contributed by atoms with E-state index in [9.17, 15) is 18.0 Å². The zero-order chi connectivity index (χ0) is 30.0. The van der Waals surface area contributed by atoms with Crippen LogP contribution in [0.2, 0.25) is 0 Å². The Bertz CT molecular complexity index is 1380. The molecule has 1 atom stereocenters. The molecule has 3 aromatic carbocycles. The number of methoxy groups -OCH3 is 1. The van der Waals surface area contributed by atoms with Crippen molar-refractivity contribution in [2.24, 2.45) is 5.92 Å². The number of amides is 2. The van der Waals surface area contributed by atoms with E-state index in [0.29, 0.717) is 30.3 Å². The molecule has 0 radical (unpaired) electrons. The van der Waals surface area contributed by atoms with Crippen LogP contribution in [-0.2, 0) is 26.2 Å². The van der Waals surface area contributed by atoms with Crippen LogP contribution in [0, 0.1) is 5.92 Å². The van der Waals surface area contributed by atoms with Crippen LogP contribution in [-0.4, -0.2) is 58.0 Å². The number of anilines is 1. The van der Waals surface area contributed by atoms with E-state index in [4.69, 9.17) is 9.47 Å². The van der Waals surface area contributed by atoms with Gasteiger partial charge in [0, 0.05) is 13.1 Å². The minimum absolute atomic E-state index is 0.0473. The van der Waals surface area contributed by atoms with Crippen molar-refractivity contribution >= 4 is 27.5 Å². The summed E-state index contributed by atoms with van der Waals surface area (Å²) < 4.78 is 39.5. The molecule has 220 valence electrons. The van der Waals surface area contributed by atoms with Gasteiger partial charge >= 0.3 is 0 Å². The molecule has 1 N–H and O–H groups in total. The van der Waals surface area contributed by atoms with Gasteiger partial charge in [0.2, 0.25) is 11.8 Å². The maximum absolute atomic E-state index is 14.0. The van der Waals surface area contributed by atoms with Crippen LogP contribution < -0.4 is 19.1 Å². The number of carbonyl (C=O) groups is 2. The molecule has 0 bridgehead atoms. The summed E-state index contributed by atoms with van der Waals surface area (Å²) in [5.74, 6) is 0.616. The molecule has 0 saturated carbocycles. The molecule has 10 heteroatoms. The van der Waals surface area contributed by atoms with Gasteiger partial charge in [0.15, 0.2) is 0 Å². The van der Waals surface area contributed by atoms with Crippen molar-refractivity contribution in [3.63, 3.8) is 0 Å². The lowest BCUT2D eigenvalue weighted by molar-refractivity contribution is -0.139. The number of rotatable bonds is 14. The Hall–Kier alpha value is -4.05. The molecular weight excluding hydrogens is 542 g/mol. The Balaban J connectivity index is 1.99. The predicted molar refractivity (Wildman–Crippen MR) is 159 cm³/mol. The van der Waals surface area contributed by atoms with Crippen LogP contribution in [0.25, 0.3) is 0 Å². The SMILES string of the molecule is CCOc1ccc(N(CC(=O)N(Cc2ccc(OC)cc2)[C@H](C)C(=O)NCC(C)C)S(=O)(=O)c2ccccc2)cc1. The number of nitrogens with one attached hydrogen (secondary N) is 1. The highest BCUT2D eigenvalue weighted by Gasteiger charge is 2.32. The zero-order valence-corrected chi connectivity index (χ0v) is 25.1. The fourth-order valence-electron chi connectivity index (χ4n) is 4.09. The van der Waals surface area contributed by atoms with E-state index in [-0.39, 0.29) is 23.3 Å². The smallest absolute Gasteiger partial charge is 0.264 e. The Morgan fingerprint density at radius 1 is 0.878 bits per heavy atom. The van der Waals surface area contributed by atoms with E-state index < -0.39 is 28.5 Å². The Morgan fingerprint density at radius 2 is 1.49 bits per heavy atom. The Morgan fingerprint density at radius 3 is 2.05 bits per heavy atom. The molecular formula is C31H39N3O6S. The van der Waals surface area contributed by atoms with E-state index in [1.165, 1.54) is 17.0 Å². The molecule has 0 aromatic heterocycles. The van der Waals surface area contributed by atoms with E-state index in [2.05, 4.69) is 5.32 Å². The van der Waals surface area contributed by atoms with Gasteiger partial charge in [-0.15, -0.1) is 0 Å². The van der Waals surface area contributed by atoms with Gasteiger partial charge in [0.25, 0.3) is 10.0 Å². The zero-order valence-electron chi connectivity index (χ0n) is 24.2. The highest BCUT2D eigenvalue weighted by Crippen LogP contribution is 2.27. The summed E-state index contributed by atoms with van der Waals surface area (Å²) in [6.07, 6.45) is 0. The van der Waals surface area contributed by atoms with Gasteiger partial charge in [-0.05, 0) is 73.9 Å². The first-order valence-electron chi connectivity index (χ1n) is 13.6. The van der Waals surface area contributed by atoms with Crippen LogP contribution in [0.5, 0.6) is 11.5 Å². The lowest BCUT2D eigenvalue weighted by Crippen LogP contribution is -2.51. The first-order valence-corrected chi connectivity index (χ1v) is 15.0. The number of hydrogen-bond donors (Lipinski definition) is 1. The Kier molecular flexibility index (Phi) is 11.2. The molecule has 41 heavy (non-hydrogen) atoms. The van der Waals surface area contributed by atoms with Crippen molar-refractivity contribution in [1.82, 2.24) is 10.2 Å². The van der Waals surface area contributed by atoms with Crippen molar-refractivity contribution in [2.75, 3.05) is 31.1 Å². The second-order valence-electron chi connectivity index (χ2n) is 9.94. The highest BCUT2D eigenvalue weighted by molar-refractivity contribution is 7.92. The third-order valence-corrected chi connectivity index (χ3v) is 8.20. The van der Waals surface area contributed by atoms with Crippen molar-refractivity contribution < 1.29 is 27.5 Å². The van der Waals surface area contributed by atoms with Gasteiger partial charge in [-0.1, -0.05) is 44.2 Å². The van der Waals surface area contributed by atoms with Crippen LogP contribution >= 0.6 is 0 Å². The number of benzene rings is 3. The maximum atomic E-state index is 14.0. The van der Waals surface area contributed by atoms with E-state index in [1.807, 2.05) is 32.9 Å². The standard InChI is InChI=1S/C31H39N3O6S/c1-6-40-28-18-14-26(15-19-28)34(41(37,38)29-10-8-7-9-11-29)22-30(35)33(24(4)31(36)32-20-23(2)3)21-25-12-16-27(39-5)17-13-25/h7-19,23-24H,6,20-22H2,1-5H3,(H,32,36)/t24-/m1/s1. The highest BCUT2D eigenvalue weighted by atomic mass is 32.2. The summed E-state index contributed by atoms with van der Waals surface area (Å²) >= 11 is 0. The minimum Gasteiger partial charge on any atom is -0.497 e. The Labute approximate surface area is 243 Å². The molecule has 2 amide bonds. The van der Waals surface area contributed by atoms with Crippen LogP contribution in [0.3, 0.4) is 0 Å². The second-order valence-corrected chi connectivity index (χ2v) is 11.8. The number of sulfonamides is 1. The van der Waals surface area contributed by atoms with Crippen molar-refractivity contribution in [3.8, 4) is 11.5 Å². The van der Waals surface area contributed by atoms with Crippen molar-refractivity contribution in [2.45, 2.75) is 45.2 Å². The van der Waals surface area contributed by atoms with E-state index >= 15 is 0 Å². The summed E-state index contributed by atoms with van der Waals surface area (Å²) in [6, 6.07) is 20.8. The van der Waals surface area contributed by atoms with Gasteiger partial charge < -0.3 is 19.7 Å². The molecule has 3 rings (SSSR count). The molecule has 0 aliphatic carbocycles. The number of ether oxygens (including phenoxy) is 2. The number of carbonyl (C=O) groups excluding carboxylic acids is 2. The molecule has 0 fully saturated rings. The van der Waals surface area contributed by atoms with Gasteiger partial charge in [0.1, 0.15) is 24.1 Å². The predicted octanol–water partition coefficient (Wildman–Crippen LogP) is 4.48. The quantitative estimate of drug-likeness (QED) is 0.301. The molecule has 0 spiro atoms. The fourth-order valence-corrected chi connectivity index (χ4v) is 5.52. The molecule has 0 heterocycles. The first kappa shape index (κ1) is 31.5. The molecule has 0 unspecified atom stereocenters. The second kappa shape index (κ2) is 14.5. The van der Waals surface area contributed by atoms with E-state index in [1.54, 1.807) is 68.6 Å². The summed E-state index contributed by atoms with van der Waals surface area (Å²) in [7, 11) is -2.57. The average Bonchev–Trinajstić information content (AvgIpc) is 2.98. The normalized spacial score (nSPS) is 12.0. The summed E-state index contributed by atoms with van der Waals surface area (Å²) in [6.45, 7) is 7.96. The largest absolute Gasteiger partial charge is 0.497 e. The summed E-state index contributed by atoms with van der Waals surface area (Å²) in [4.78, 5) is 28.5. The third kappa shape index (κ3) is 8.47. The first-order chi connectivity index (χ1) is 19.6. The van der Waals surface area contributed by atoms with Gasteiger partial charge in [-0.2, -0.15) is 0 Å².